The molecular weight excluding hydrogens is 481 g/mol. The number of hydrogen-bond donors (Lipinski definition) is 0. The normalized spacial score (nSPS) is 15.6. The van der Waals surface area contributed by atoms with Gasteiger partial charge >= 0.3 is 119 Å². The molecule has 0 atom stereocenters. The Kier molecular flexibility index (Phi) is 4.43. The minimum atomic E-state index is -10.4. The molecule has 128 valence electrons. The number of benzene rings is 1. The Morgan fingerprint density at radius 1 is 0.636 bits per heavy atom. The van der Waals surface area contributed by atoms with Crippen LogP contribution in [0.15, 0.2) is 0 Å². The number of halogens is 13. The van der Waals surface area contributed by atoms with Gasteiger partial charge in [-0.05, 0) is 0 Å². The van der Waals surface area contributed by atoms with E-state index in [4.69, 9.17) is 0 Å². The van der Waals surface area contributed by atoms with Crippen LogP contribution >= 0.6 is 8.83 Å². The van der Waals surface area contributed by atoms with E-state index in [1.807, 2.05) is 0 Å². The van der Waals surface area contributed by atoms with Crippen molar-refractivity contribution in [1.82, 2.24) is 0 Å². The fourth-order valence-electron chi connectivity index (χ4n) is 1.24. The second-order valence-electron chi connectivity index (χ2n) is 3.78. The predicted octanol–water partition coefficient (Wildman–Crippen LogP) is 5.19. The summed E-state index contributed by atoms with van der Waals surface area (Å²) in [4.78, 5) is 0. The molecule has 0 saturated carbocycles. The summed E-state index contributed by atoms with van der Waals surface area (Å²) in [5.74, 6) is -23.1. The minimum absolute atomic E-state index is 3.01. The van der Waals surface area contributed by atoms with Crippen molar-refractivity contribution < 1.29 is 48.0 Å². The first kappa shape index (κ1) is 19.5. The molecule has 14 heteroatoms. The third-order valence-corrected chi connectivity index (χ3v) is 6.98. The average molecular weight is 481 g/mol. The monoisotopic (exact) mass is 480 g/mol. The zero-order valence-electron chi connectivity index (χ0n) is 9.36. The van der Waals surface area contributed by atoms with Gasteiger partial charge in [-0.1, -0.05) is 0 Å². The van der Waals surface area contributed by atoms with Crippen LogP contribution in [0.3, 0.4) is 0 Å². The van der Waals surface area contributed by atoms with E-state index in [2.05, 4.69) is 8.83 Å². The molecule has 0 nitrogen and oxygen atoms in total. The average Bonchev–Trinajstić information content (AvgIpc) is 2.31. The number of alkyl halides is 4. The molecule has 0 N–H and O–H groups in total. The van der Waals surface area contributed by atoms with Crippen molar-refractivity contribution in [3.05, 3.63) is 34.6 Å². The number of rotatable bonds is 3. The van der Waals surface area contributed by atoms with Crippen molar-refractivity contribution in [2.75, 3.05) is 0 Å². The van der Waals surface area contributed by atoms with E-state index in [1.165, 1.54) is 0 Å². The van der Waals surface area contributed by atoms with Gasteiger partial charge in [0.2, 0.25) is 0 Å². The zero-order valence-corrected chi connectivity index (χ0v) is 12.7. The Balaban J connectivity index is 3.83. The van der Waals surface area contributed by atoms with Crippen LogP contribution in [0.4, 0.5) is 48.0 Å². The molecule has 0 spiro atoms. The molecule has 1 aromatic rings. The summed E-state index contributed by atoms with van der Waals surface area (Å²) in [6.07, 6.45) is 0. The maximum absolute atomic E-state index is 13.2. The molecule has 0 fully saturated rings. The topological polar surface area (TPSA) is 0 Å². The van der Waals surface area contributed by atoms with E-state index in [0.717, 1.165) is 0 Å². The standard InChI is InChI=1S/C8F9.ClH.3FH.Sb/c9-2-1(8(16,17)7(14)15)3(10)5(12)6(13)4(2)11;;;;;/h;4*1H;/q;;;;;+4/p-4. The second kappa shape index (κ2) is 4.99. The van der Waals surface area contributed by atoms with Gasteiger partial charge in [-0.15, -0.1) is 0 Å². The third kappa shape index (κ3) is 2.61. The molecule has 1 rings (SSSR count). The summed E-state index contributed by atoms with van der Waals surface area (Å²) in [6, 6.07) is 0. The molecule has 22 heavy (non-hydrogen) atoms. The molecule has 1 aromatic carbocycles. The van der Waals surface area contributed by atoms with Crippen molar-refractivity contribution in [1.29, 1.82) is 0 Å². The first-order valence-corrected chi connectivity index (χ1v) is 12.0. The Hall–Kier alpha value is -0.512. The molecule has 0 heterocycles. The van der Waals surface area contributed by atoms with Crippen molar-refractivity contribution in [2.24, 2.45) is 0 Å². The van der Waals surface area contributed by atoms with Crippen LogP contribution in [0.2, 0.25) is 0 Å². The number of hydrogen-bond acceptors (Lipinski definition) is 0. The first-order chi connectivity index (χ1) is 9.44. The van der Waals surface area contributed by atoms with Crippen molar-refractivity contribution in [2.45, 2.75) is 9.79 Å². The van der Waals surface area contributed by atoms with Gasteiger partial charge in [-0.2, -0.15) is 0 Å². The summed E-state index contributed by atoms with van der Waals surface area (Å²) in [5.41, 5.74) is -3.61. The van der Waals surface area contributed by atoms with Crippen molar-refractivity contribution >= 4 is 26.8 Å². The molecule has 0 aliphatic rings. The fraction of sp³-hybridized carbons (Fsp3) is 0.250. The molecule has 0 saturated heterocycles. The van der Waals surface area contributed by atoms with E-state index < -0.39 is 62.4 Å². The molecular formula is C8ClF12Sb. The van der Waals surface area contributed by atoms with E-state index in [-0.39, 0.29) is 0 Å². The van der Waals surface area contributed by atoms with Crippen LogP contribution in [0.1, 0.15) is 5.56 Å². The first-order valence-electron chi connectivity index (χ1n) is 4.60. The van der Waals surface area contributed by atoms with Crippen LogP contribution in [0, 0.1) is 29.1 Å². The SMILES string of the molecule is Fc1c(F)c(F)c(C(F)(F)[C](F)(F)[Sb]([F])([F])([F])[Cl])c(F)c1F. The van der Waals surface area contributed by atoms with Gasteiger partial charge in [0.05, 0.1) is 0 Å². The predicted molar refractivity (Wildman–Crippen MR) is 50.0 cm³/mol. The van der Waals surface area contributed by atoms with E-state index in [0.29, 0.717) is 0 Å². The maximum atomic E-state index is 13.2. The quantitative estimate of drug-likeness (QED) is 0.242. The summed E-state index contributed by atoms with van der Waals surface area (Å²) in [6.45, 7) is 0. The van der Waals surface area contributed by atoms with Gasteiger partial charge in [0.1, 0.15) is 0 Å². The van der Waals surface area contributed by atoms with Crippen LogP contribution in [0.25, 0.3) is 0 Å². The van der Waals surface area contributed by atoms with E-state index in [9.17, 15) is 48.0 Å². The Bertz CT molecular complexity index is 594. The zero-order chi connectivity index (χ0) is 17.9. The Labute approximate surface area is 119 Å². The van der Waals surface area contributed by atoms with Gasteiger partial charge in [0.15, 0.2) is 0 Å². The van der Waals surface area contributed by atoms with Crippen molar-refractivity contribution in [3.8, 4) is 0 Å². The summed E-state index contributed by atoms with van der Waals surface area (Å²) in [5, 5.41) is 0. The van der Waals surface area contributed by atoms with E-state index >= 15 is 0 Å². The fourth-order valence-corrected chi connectivity index (χ4v) is 3.49. The summed E-state index contributed by atoms with van der Waals surface area (Å²) in [7, 11) is 3.50. The molecule has 0 aromatic heterocycles. The van der Waals surface area contributed by atoms with Gasteiger partial charge in [-0.3, -0.25) is 0 Å². The van der Waals surface area contributed by atoms with Gasteiger partial charge in [0.25, 0.3) is 0 Å². The Morgan fingerprint density at radius 2 is 0.909 bits per heavy atom. The van der Waals surface area contributed by atoms with Crippen molar-refractivity contribution in [3.63, 3.8) is 0 Å². The second-order valence-corrected chi connectivity index (χ2v) is 13.2. The van der Waals surface area contributed by atoms with Crippen LogP contribution in [-0.2, 0) is 5.92 Å². The molecule has 0 aliphatic heterocycles. The van der Waals surface area contributed by atoms with E-state index in [1.54, 1.807) is 0 Å². The van der Waals surface area contributed by atoms with Gasteiger partial charge in [-0.25, -0.2) is 0 Å². The van der Waals surface area contributed by atoms with Crippen LogP contribution in [0.5, 0.6) is 0 Å². The molecule has 0 unspecified atom stereocenters. The summed E-state index contributed by atoms with van der Waals surface area (Å²) >= 11 is -10.4. The molecule has 0 aliphatic carbocycles. The van der Waals surface area contributed by atoms with Gasteiger partial charge < -0.3 is 0 Å². The van der Waals surface area contributed by atoms with Gasteiger partial charge in [0, 0.05) is 0 Å². The van der Waals surface area contributed by atoms with Crippen LogP contribution in [-0.4, -0.2) is 21.9 Å². The third-order valence-electron chi connectivity index (χ3n) is 2.33. The molecule has 0 bridgehead atoms. The molecule has 0 amide bonds. The van der Waals surface area contributed by atoms with Crippen LogP contribution < -0.4 is 0 Å². The Morgan fingerprint density at radius 3 is 1.18 bits per heavy atom. The molecule has 0 radical (unpaired) electrons. The summed E-state index contributed by atoms with van der Waals surface area (Å²) < 4.78 is 147.